The molecule has 0 aromatic rings. The number of hydrogen-bond acceptors (Lipinski definition) is 2. The maximum Gasteiger partial charge on any atom is 0.220 e. The molecular formula is C13H25NO2. The molecule has 0 aromatic heterocycles. The average Bonchev–Trinajstić information content (AvgIpc) is 2.05. The number of amides is 1. The van der Waals surface area contributed by atoms with Crippen molar-refractivity contribution < 1.29 is 9.90 Å². The highest BCUT2D eigenvalue weighted by Gasteiger charge is 2.21. The summed E-state index contributed by atoms with van der Waals surface area (Å²) in [6.45, 7) is 6.66. The molecule has 0 saturated heterocycles. The first-order valence-electron chi connectivity index (χ1n) is 6.31. The molecule has 0 heterocycles. The van der Waals surface area contributed by atoms with E-state index in [4.69, 9.17) is 0 Å². The summed E-state index contributed by atoms with van der Waals surface area (Å²) in [4.78, 5) is 11.5. The number of aliphatic hydroxyl groups is 1. The van der Waals surface area contributed by atoms with Crippen molar-refractivity contribution >= 4 is 5.91 Å². The van der Waals surface area contributed by atoms with Crippen molar-refractivity contribution in [3.8, 4) is 0 Å². The second-order valence-electron chi connectivity index (χ2n) is 6.22. The molecule has 1 fully saturated rings. The number of aliphatic hydroxyl groups excluding tert-OH is 1. The van der Waals surface area contributed by atoms with Crippen LogP contribution in [0.3, 0.4) is 0 Å². The topological polar surface area (TPSA) is 49.3 Å². The van der Waals surface area contributed by atoms with Crippen molar-refractivity contribution in [3.63, 3.8) is 0 Å². The Bertz CT molecular complexity index is 229. The third-order valence-corrected chi connectivity index (χ3v) is 3.08. The fourth-order valence-corrected chi connectivity index (χ4v) is 2.04. The van der Waals surface area contributed by atoms with Gasteiger partial charge in [-0.3, -0.25) is 4.79 Å². The van der Waals surface area contributed by atoms with E-state index in [1.165, 1.54) is 19.3 Å². The Kier molecular flexibility index (Phi) is 4.78. The Balaban J connectivity index is 2.10. The van der Waals surface area contributed by atoms with E-state index in [1.807, 2.05) is 0 Å². The number of hydrogen-bond donors (Lipinski definition) is 2. The maximum absolute atomic E-state index is 11.5. The molecule has 1 atom stereocenters. The van der Waals surface area contributed by atoms with Gasteiger partial charge >= 0.3 is 0 Å². The zero-order valence-corrected chi connectivity index (χ0v) is 10.8. The lowest BCUT2D eigenvalue weighted by atomic mass is 9.83. The highest BCUT2D eigenvalue weighted by molar-refractivity contribution is 5.76. The summed E-state index contributed by atoms with van der Waals surface area (Å²) in [6.07, 6.45) is 4.59. The van der Waals surface area contributed by atoms with E-state index in [2.05, 4.69) is 26.1 Å². The van der Waals surface area contributed by atoms with Crippen molar-refractivity contribution in [2.24, 2.45) is 11.3 Å². The molecule has 94 valence electrons. The standard InChI is InChI=1S/C13H25NO2/c1-13(2,3)8-11(15)9-14-12(16)7-10-5-4-6-10/h10-11,15H,4-9H2,1-3H3,(H,14,16). The molecule has 0 radical (unpaired) electrons. The largest absolute Gasteiger partial charge is 0.391 e. The third-order valence-electron chi connectivity index (χ3n) is 3.08. The lowest BCUT2D eigenvalue weighted by Crippen LogP contribution is -2.35. The smallest absolute Gasteiger partial charge is 0.220 e. The Morgan fingerprint density at radius 2 is 2.06 bits per heavy atom. The third kappa shape index (κ3) is 5.50. The fourth-order valence-electron chi connectivity index (χ4n) is 2.04. The van der Waals surface area contributed by atoms with Gasteiger partial charge in [-0.05, 0) is 30.6 Å². The van der Waals surface area contributed by atoms with Gasteiger partial charge in [0, 0.05) is 13.0 Å². The Labute approximate surface area is 98.6 Å². The van der Waals surface area contributed by atoms with Gasteiger partial charge in [0.2, 0.25) is 5.91 Å². The van der Waals surface area contributed by atoms with E-state index in [9.17, 15) is 9.90 Å². The second kappa shape index (κ2) is 5.67. The molecule has 1 amide bonds. The Morgan fingerprint density at radius 3 is 2.50 bits per heavy atom. The van der Waals surface area contributed by atoms with Gasteiger partial charge in [-0.15, -0.1) is 0 Å². The van der Waals surface area contributed by atoms with Gasteiger partial charge in [-0.2, -0.15) is 0 Å². The van der Waals surface area contributed by atoms with E-state index in [-0.39, 0.29) is 11.3 Å². The van der Waals surface area contributed by atoms with Crippen LogP contribution in [-0.2, 0) is 4.79 Å². The molecule has 3 heteroatoms. The molecule has 1 aliphatic rings. The van der Waals surface area contributed by atoms with Crippen molar-refractivity contribution in [2.75, 3.05) is 6.54 Å². The lowest BCUT2D eigenvalue weighted by Gasteiger charge is -2.25. The van der Waals surface area contributed by atoms with Crippen LogP contribution < -0.4 is 5.32 Å². The quantitative estimate of drug-likeness (QED) is 0.755. The fraction of sp³-hybridized carbons (Fsp3) is 0.923. The van der Waals surface area contributed by atoms with Crippen molar-refractivity contribution in [3.05, 3.63) is 0 Å². The first-order valence-corrected chi connectivity index (χ1v) is 6.31. The van der Waals surface area contributed by atoms with Crippen LogP contribution in [0, 0.1) is 11.3 Å². The van der Waals surface area contributed by atoms with Gasteiger partial charge < -0.3 is 10.4 Å². The summed E-state index contributed by atoms with van der Waals surface area (Å²) in [6, 6.07) is 0. The summed E-state index contributed by atoms with van der Waals surface area (Å²) in [7, 11) is 0. The average molecular weight is 227 g/mol. The van der Waals surface area contributed by atoms with Crippen molar-refractivity contribution in [1.29, 1.82) is 0 Å². The minimum Gasteiger partial charge on any atom is -0.391 e. The first-order chi connectivity index (χ1) is 7.37. The summed E-state index contributed by atoms with van der Waals surface area (Å²) < 4.78 is 0. The second-order valence-corrected chi connectivity index (χ2v) is 6.22. The van der Waals surface area contributed by atoms with Crippen LogP contribution in [0.5, 0.6) is 0 Å². The van der Waals surface area contributed by atoms with Crippen molar-refractivity contribution in [1.82, 2.24) is 5.32 Å². The van der Waals surface area contributed by atoms with E-state index in [0.29, 0.717) is 18.9 Å². The van der Waals surface area contributed by atoms with Crippen LogP contribution in [0.4, 0.5) is 0 Å². The van der Waals surface area contributed by atoms with Gasteiger partial charge in [-0.1, -0.05) is 27.2 Å². The number of carbonyl (C=O) groups excluding carboxylic acids is 1. The molecule has 1 rings (SSSR count). The summed E-state index contributed by atoms with van der Waals surface area (Å²) in [5.41, 5.74) is 0.109. The monoisotopic (exact) mass is 227 g/mol. The molecule has 0 aromatic carbocycles. The lowest BCUT2D eigenvalue weighted by molar-refractivity contribution is -0.123. The molecule has 16 heavy (non-hydrogen) atoms. The van der Waals surface area contributed by atoms with E-state index >= 15 is 0 Å². The molecule has 1 saturated carbocycles. The zero-order valence-electron chi connectivity index (χ0n) is 10.8. The normalized spacial score (nSPS) is 19.0. The van der Waals surface area contributed by atoms with Gasteiger partial charge in [0.1, 0.15) is 0 Å². The molecular weight excluding hydrogens is 202 g/mol. The zero-order chi connectivity index (χ0) is 12.2. The van der Waals surface area contributed by atoms with Crippen molar-refractivity contribution in [2.45, 2.75) is 59.0 Å². The highest BCUT2D eigenvalue weighted by Crippen LogP contribution is 2.29. The minimum absolute atomic E-state index is 0.0951. The Morgan fingerprint density at radius 1 is 1.44 bits per heavy atom. The van der Waals surface area contributed by atoms with Crippen LogP contribution in [0.1, 0.15) is 52.9 Å². The van der Waals surface area contributed by atoms with Crippen LogP contribution >= 0.6 is 0 Å². The first kappa shape index (κ1) is 13.5. The summed E-state index contributed by atoms with van der Waals surface area (Å²) >= 11 is 0. The van der Waals surface area contributed by atoms with E-state index in [1.54, 1.807) is 0 Å². The molecule has 2 N–H and O–H groups in total. The van der Waals surface area contributed by atoms with Crippen LogP contribution in [0.15, 0.2) is 0 Å². The van der Waals surface area contributed by atoms with E-state index < -0.39 is 6.10 Å². The molecule has 1 aliphatic carbocycles. The predicted octanol–water partition coefficient (Wildman–Crippen LogP) is 2.09. The summed E-state index contributed by atoms with van der Waals surface area (Å²) in [5, 5.41) is 12.5. The van der Waals surface area contributed by atoms with Gasteiger partial charge in [0.15, 0.2) is 0 Å². The van der Waals surface area contributed by atoms with Crippen LogP contribution in [0.25, 0.3) is 0 Å². The molecule has 1 unspecified atom stereocenters. The molecule has 3 nitrogen and oxygen atoms in total. The predicted molar refractivity (Wildman–Crippen MR) is 65.0 cm³/mol. The molecule has 0 aliphatic heterocycles. The number of nitrogens with one attached hydrogen (secondary N) is 1. The SMILES string of the molecule is CC(C)(C)CC(O)CNC(=O)CC1CCC1. The Hall–Kier alpha value is -0.570. The van der Waals surface area contributed by atoms with Crippen LogP contribution in [-0.4, -0.2) is 23.7 Å². The summed E-state index contributed by atoms with van der Waals surface area (Å²) in [5.74, 6) is 0.692. The molecule has 0 bridgehead atoms. The molecule has 0 spiro atoms. The minimum atomic E-state index is -0.426. The van der Waals surface area contributed by atoms with Crippen LogP contribution in [0.2, 0.25) is 0 Å². The number of rotatable bonds is 5. The highest BCUT2D eigenvalue weighted by atomic mass is 16.3. The number of carbonyl (C=O) groups is 1. The van der Waals surface area contributed by atoms with Gasteiger partial charge in [-0.25, -0.2) is 0 Å². The maximum atomic E-state index is 11.5. The van der Waals surface area contributed by atoms with E-state index in [0.717, 1.165) is 6.42 Å². The van der Waals surface area contributed by atoms with Gasteiger partial charge in [0.25, 0.3) is 0 Å². The van der Waals surface area contributed by atoms with Gasteiger partial charge in [0.05, 0.1) is 6.10 Å².